The quantitative estimate of drug-likeness (QED) is 0.777. The van der Waals surface area contributed by atoms with Crippen molar-refractivity contribution >= 4 is 27.3 Å². The van der Waals surface area contributed by atoms with Gasteiger partial charge in [-0.05, 0) is 39.7 Å². The first-order chi connectivity index (χ1) is 9.95. The van der Waals surface area contributed by atoms with Crippen molar-refractivity contribution in [3.8, 4) is 5.75 Å². The number of benzene rings is 1. The van der Waals surface area contributed by atoms with Gasteiger partial charge in [0.1, 0.15) is 6.61 Å². The lowest BCUT2D eigenvalue weighted by molar-refractivity contribution is 0.276. The Labute approximate surface area is 135 Å². The van der Waals surface area contributed by atoms with Crippen molar-refractivity contribution in [1.29, 1.82) is 0 Å². The lowest BCUT2D eigenvalue weighted by atomic mass is 10.2. The summed E-state index contributed by atoms with van der Waals surface area (Å²) in [4.78, 5) is 0.895. The van der Waals surface area contributed by atoms with Crippen LogP contribution in [0.15, 0.2) is 28.1 Å². The fourth-order valence-corrected chi connectivity index (χ4v) is 3.11. The minimum absolute atomic E-state index is 0.147. The number of nitrogens with one attached hydrogen (secondary N) is 1. The summed E-state index contributed by atoms with van der Waals surface area (Å²) >= 11 is 4.79. The molecule has 0 fully saturated rings. The van der Waals surface area contributed by atoms with E-state index in [4.69, 9.17) is 4.74 Å². The molecule has 0 saturated heterocycles. The topological polar surface area (TPSA) is 21.3 Å². The van der Waals surface area contributed by atoms with E-state index in [2.05, 4.69) is 21.2 Å². The number of halogens is 3. The van der Waals surface area contributed by atoms with Crippen molar-refractivity contribution in [2.45, 2.75) is 33.0 Å². The van der Waals surface area contributed by atoms with E-state index < -0.39 is 11.6 Å². The zero-order valence-electron chi connectivity index (χ0n) is 11.8. The fourth-order valence-electron chi connectivity index (χ4n) is 1.75. The van der Waals surface area contributed by atoms with Crippen LogP contribution >= 0.6 is 27.3 Å². The van der Waals surface area contributed by atoms with Crippen LogP contribution in [0.5, 0.6) is 5.75 Å². The minimum Gasteiger partial charge on any atom is -0.482 e. The molecule has 0 aliphatic heterocycles. The Balaban J connectivity index is 2.06. The Morgan fingerprint density at radius 2 is 1.90 bits per heavy atom. The van der Waals surface area contributed by atoms with E-state index in [1.807, 2.05) is 25.3 Å². The molecule has 2 rings (SSSR count). The van der Waals surface area contributed by atoms with Gasteiger partial charge in [-0.25, -0.2) is 8.78 Å². The molecule has 0 unspecified atom stereocenters. The molecule has 0 amide bonds. The molecule has 1 heterocycles. The summed E-state index contributed by atoms with van der Waals surface area (Å²) < 4.78 is 34.1. The van der Waals surface area contributed by atoms with E-state index in [0.717, 1.165) is 9.35 Å². The van der Waals surface area contributed by atoms with Crippen LogP contribution in [0.2, 0.25) is 0 Å². The molecule has 0 aliphatic carbocycles. The molecule has 1 N–H and O–H groups in total. The van der Waals surface area contributed by atoms with Gasteiger partial charge in [-0.2, -0.15) is 0 Å². The van der Waals surface area contributed by atoms with Gasteiger partial charge < -0.3 is 10.1 Å². The number of hydrogen-bond acceptors (Lipinski definition) is 3. The van der Waals surface area contributed by atoms with Crippen LogP contribution < -0.4 is 10.1 Å². The van der Waals surface area contributed by atoms with Crippen LogP contribution in [-0.4, -0.2) is 6.04 Å². The third-order valence-corrected chi connectivity index (χ3v) is 4.42. The van der Waals surface area contributed by atoms with Gasteiger partial charge in [0.25, 0.3) is 0 Å². The highest BCUT2D eigenvalue weighted by molar-refractivity contribution is 9.10. The first-order valence-corrected chi connectivity index (χ1v) is 8.20. The van der Waals surface area contributed by atoms with E-state index >= 15 is 0 Å². The predicted molar refractivity (Wildman–Crippen MR) is 84.7 cm³/mol. The zero-order chi connectivity index (χ0) is 15.4. The summed E-state index contributed by atoms with van der Waals surface area (Å²) in [6.07, 6.45) is 0. The SMILES string of the molecule is CC(C)NCc1cc(F)c(OCc2cc(Br)cs2)c(F)c1. The van der Waals surface area contributed by atoms with Crippen molar-refractivity contribution in [2.75, 3.05) is 0 Å². The molecule has 0 bridgehead atoms. The molecule has 2 nitrogen and oxygen atoms in total. The van der Waals surface area contributed by atoms with Gasteiger partial charge in [-0.3, -0.25) is 0 Å². The average Bonchev–Trinajstić information content (AvgIpc) is 2.81. The average molecular weight is 376 g/mol. The Bertz CT molecular complexity index is 592. The minimum atomic E-state index is -0.675. The third-order valence-electron chi connectivity index (χ3n) is 2.75. The molecule has 21 heavy (non-hydrogen) atoms. The highest BCUT2D eigenvalue weighted by Crippen LogP contribution is 2.26. The van der Waals surface area contributed by atoms with Crippen LogP contribution in [0.3, 0.4) is 0 Å². The molecular weight excluding hydrogens is 360 g/mol. The van der Waals surface area contributed by atoms with Crippen molar-refractivity contribution in [1.82, 2.24) is 5.32 Å². The molecule has 0 radical (unpaired) electrons. The maximum atomic E-state index is 13.9. The molecule has 0 saturated carbocycles. The van der Waals surface area contributed by atoms with Gasteiger partial charge in [0.05, 0.1) is 0 Å². The number of rotatable bonds is 6. The molecule has 1 aromatic carbocycles. The van der Waals surface area contributed by atoms with Crippen molar-refractivity contribution in [2.24, 2.45) is 0 Å². The summed E-state index contributed by atoms with van der Waals surface area (Å²) in [5.74, 6) is -1.68. The van der Waals surface area contributed by atoms with Gasteiger partial charge in [-0.1, -0.05) is 13.8 Å². The normalized spacial score (nSPS) is 11.1. The van der Waals surface area contributed by atoms with E-state index in [1.54, 1.807) is 0 Å². The molecule has 1 aromatic heterocycles. The third kappa shape index (κ3) is 4.76. The molecule has 0 atom stereocenters. The molecule has 114 valence electrons. The van der Waals surface area contributed by atoms with E-state index in [-0.39, 0.29) is 18.4 Å². The fraction of sp³-hybridized carbons (Fsp3) is 0.333. The largest absolute Gasteiger partial charge is 0.482 e. The highest BCUT2D eigenvalue weighted by atomic mass is 79.9. The van der Waals surface area contributed by atoms with Gasteiger partial charge in [0, 0.05) is 27.3 Å². The molecule has 2 aromatic rings. The van der Waals surface area contributed by atoms with Gasteiger partial charge in [0.15, 0.2) is 17.4 Å². The Morgan fingerprint density at radius 1 is 1.24 bits per heavy atom. The van der Waals surface area contributed by atoms with E-state index in [0.29, 0.717) is 12.1 Å². The van der Waals surface area contributed by atoms with Crippen LogP contribution in [0.4, 0.5) is 8.78 Å². The van der Waals surface area contributed by atoms with E-state index in [9.17, 15) is 8.78 Å². The zero-order valence-corrected chi connectivity index (χ0v) is 14.2. The van der Waals surface area contributed by atoms with Gasteiger partial charge in [-0.15, -0.1) is 11.3 Å². The van der Waals surface area contributed by atoms with Crippen LogP contribution in [0.1, 0.15) is 24.3 Å². The number of thiophene rings is 1. The van der Waals surface area contributed by atoms with Crippen molar-refractivity contribution in [3.63, 3.8) is 0 Å². The Hall–Kier alpha value is -0.980. The second-order valence-corrected chi connectivity index (χ2v) is 6.86. The summed E-state index contributed by atoms with van der Waals surface area (Å²) in [6, 6.07) is 4.72. The Kier molecular flexibility index (Phi) is 5.72. The van der Waals surface area contributed by atoms with Crippen molar-refractivity contribution < 1.29 is 13.5 Å². The number of ether oxygens (including phenoxy) is 1. The van der Waals surface area contributed by atoms with Gasteiger partial charge in [0.2, 0.25) is 0 Å². The smallest absolute Gasteiger partial charge is 0.191 e. The first-order valence-electron chi connectivity index (χ1n) is 6.52. The summed E-state index contributed by atoms with van der Waals surface area (Å²) in [7, 11) is 0. The Morgan fingerprint density at radius 3 is 2.43 bits per heavy atom. The maximum Gasteiger partial charge on any atom is 0.191 e. The van der Waals surface area contributed by atoms with Crippen LogP contribution in [-0.2, 0) is 13.2 Å². The molecule has 0 aliphatic rings. The summed E-state index contributed by atoms with van der Waals surface area (Å²) in [6.45, 7) is 4.52. The lowest BCUT2D eigenvalue weighted by Gasteiger charge is -2.11. The second-order valence-electron chi connectivity index (χ2n) is 4.94. The maximum absolute atomic E-state index is 13.9. The highest BCUT2D eigenvalue weighted by Gasteiger charge is 2.13. The van der Waals surface area contributed by atoms with Crippen LogP contribution in [0, 0.1) is 11.6 Å². The molecule has 0 spiro atoms. The second kappa shape index (κ2) is 7.33. The number of hydrogen-bond donors (Lipinski definition) is 1. The molecular formula is C15H16BrF2NOS. The first kappa shape index (κ1) is 16.4. The van der Waals surface area contributed by atoms with Gasteiger partial charge >= 0.3 is 0 Å². The van der Waals surface area contributed by atoms with Crippen molar-refractivity contribution in [3.05, 3.63) is 50.1 Å². The van der Waals surface area contributed by atoms with Crippen LogP contribution in [0.25, 0.3) is 0 Å². The summed E-state index contributed by atoms with van der Waals surface area (Å²) in [5.41, 5.74) is 0.560. The molecule has 6 heteroatoms. The summed E-state index contributed by atoms with van der Waals surface area (Å²) in [5, 5.41) is 5.01. The van der Waals surface area contributed by atoms with E-state index in [1.165, 1.54) is 23.5 Å². The lowest BCUT2D eigenvalue weighted by Crippen LogP contribution is -2.22. The monoisotopic (exact) mass is 375 g/mol. The predicted octanol–water partition coefficient (Wildman–Crippen LogP) is 4.87. The standard InChI is InChI=1S/C15H16BrF2NOS/c1-9(2)19-6-10-3-13(17)15(14(18)4-10)20-7-12-5-11(16)8-21-12/h3-5,8-9,19H,6-7H2,1-2H3.